The van der Waals surface area contributed by atoms with Gasteiger partial charge in [-0.1, -0.05) is 0 Å². The Hall–Kier alpha value is -1.16. The molecule has 70 valence electrons. The second kappa shape index (κ2) is 3.70. The lowest BCUT2D eigenvalue weighted by molar-refractivity contribution is 0.153. The van der Waals surface area contributed by atoms with Crippen LogP contribution in [0, 0.1) is 0 Å². The van der Waals surface area contributed by atoms with Gasteiger partial charge in [0.25, 0.3) is 0 Å². The quantitative estimate of drug-likeness (QED) is 0.679. The van der Waals surface area contributed by atoms with Gasteiger partial charge in [-0.05, 0) is 18.9 Å². The van der Waals surface area contributed by atoms with E-state index in [1.807, 2.05) is 4.90 Å². The zero-order valence-corrected chi connectivity index (χ0v) is 7.43. The Balaban J connectivity index is 2.08. The molecule has 1 atom stereocenters. The molecule has 0 spiro atoms. The molecule has 1 aromatic rings. The van der Waals surface area contributed by atoms with E-state index in [0.29, 0.717) is 6.54 Å². The third kappa shape index (κ3) is 1.95. The normalized spacial score (nSPS) is 23.2. The number of piperidine rings is 1. The summed E-state index contributed by atoms with van der Waals surface area (Å²) in [5.74, 6) is 0.723. The van der Waals surface area contributed by atoms with Crippen LogP contribution in [0.5, 0.6) is 0 Å². The molecule has 4 heteroatoms. The van der Waals surface area contributed by atoms with Crippen molar-refractivity contribution >= 4 is 5.95 Å². The minimum Gasteiger partial charge on any atom is -0.391 e. The van der Waals surface area contributed by atoms with Gasteiger partial charge in [0, 0.05) is 25.5 Å². The van der Waals surface area contributed by atoms with Crippen molar-refractivity contribution in [2.45, 2.75) is 18.9 Å². The van der Waals surface area contributed by atoms with Crippen molar-refractivity contribution in [3.8, 4) is 0 Å². The number of aromatic nitrogens is 2. The van der Waals surface area contributed by atoms with Gasteiger partial charge in [0.15, 0.2) is 0 Å². The highest BCUT2D eigenvalue weighted by Crippen LogP contribution is 2.14. The zero-order chi connectivity index (χ0) is 9.10. The largest absolute Gasteiger partial charge is 0.391 e. The second-order valence-corrected chi connectivity index (χ2v) is 3.29. The Morgan fingerprint density at radius 1 is 1.38 bits per heavy atom. The smallest absolute Gasteiger partial charge is 0.225 e. The highest BCUT2D eigenvalue weighted by Gasteiger charge is 2.18. The molecule has 0 unspecified atom stereocenters. The molecule has 2 rings (SSSR count). The Morgan fingerprint density at radius 2 is 2.15 bits per heavy atom. The molecule has 0 amide bonds. The highest BCUT2D eigenvalue weighted by atomic mass is 16.3. The van der Waals surface area contributed by atoms with Crippen LogP contribution >= 0.6 is 0 Å². The van der Waals surface area contributed by atoms with Gasteiger partial charge in [-0.15, -0.1) is 0 Å². The summed E-state index contributed by atoms with van der Waals surface area (Å²) in [6.45, 7) is 1.60. The van der Waals surface area contributed by atoms with E-state index >= 15 is 0 Å². The van der Waals surface area contributed by atoms with Crippen molar-refractivity contribution in [1.82, 2.24) is 9.97 Å². The van der Waals surface area contributed by atoms with Crippen LogP contribution in [-0.4, -0.2) is 34.3 Å². The van der Waals surface area contributed by atoms with E-state index in [4.69, 9.17) is 0 Å². The molecule has 0 radical (unpaired) electrons. The van der Waals surface area contributed by atoms with Gasteiger partial charge in [0.1, 0.15) is 0 Å². The molecule has 4 nitrogen and oxygen atoms in total. The predicted octanol–water partition coefficient (Wildman–Crippen LogP) is 0.438. The predicted molar refractivity (Wildman–Crippen MR) is 49.5 cm³/mol. The maximum Gasteiger partial charge on any atom is 0.225 e. The molecule has 0 aliphatic carbocycles. The van der Waals surface area contributed by atoms with Crippen LogP contribution in [0.25, 0.3) is 0 Å². The van der Waals surface area contributed by atoms with Crippen molar-refractivity contribution in [1.29, 1.82) is 0 Å². The lowest BCUT2D eigenvalue weighted by Gasteiger charge is -2.29. The van der Waals surface area contributed by atoms with Crippen LogP contribution in [0.2, 0.25) is 0 Å². The van der Waals surface area contributed by atoms with E-state index in [0.717, 1.165) is 25.3 Å². The van der Waals surface area contributed by atoms with Gasteiger partial charge in [-0.2, -0.15) is 0 Å². The van der Waals surface area contributed by atoms with Gasteiger partial charge < -0.3 is 10.0 Å². The summed E-state index contributed by atoms with van der Waals surface area (Å²) in [5.41, 5.74) is 0. The van der Waals surface area contributed by atoms with E-state index in [-0.39, 0.29) is 6.10 Å². The summed E-state index contributed by atoms with van der Waals surface area (Å²) in [5, 5.41) is 9.44. The van der Waals surface area contributed by atoms with Gasteiger partial charge in [-0.25, -0.2) is 9.97 Å². The molecule has 1 saturated heterocycles. The van der Waals surface area contributed by atoms with E-state index in [1.54, 1.807) is 18.5 Å². The fourth-order valence-corrected chi connectivity index (χ4v) is 1.59. The Bertz CT molecular complexity index is 265. The average Bonchev–Trinajstić information content (AvgIpc) is 2.19. The van der Waals surface area contributed by atoms with Crippen LogP contribution in [0.3, 0.4) is 0 Å². The topological polar surface area (TPSA) is 49.2 Å². The van der Waals surface area contributed by atoms with Crippen LogP contribution in [0.4, 0.5) is 5.95 Å². The number of hydrogen-bond donors (Lipinski definition) is 1. The maximum atomic E-state index is 9.44. The molecule has 0 aromatic carbocycles. The minimum absolute atomic E-state index is 0.224. The Morgan fingerprint density at radius 3 is 2.85 bits per heavy atom. The third-order valence-electron chi connectivity index (χ3n) is 2.23. The van der Waals surface area contributed by atoms with Crippen LogP contribution in [0.1, 0.15) is 12.8 Å². The van der Waals surface area contributed by atoms with Gasteiger partial charge in [0.2, 0.25) is 5.95 Å². The molecule has 0 saturated carbocycles. The average molecular weight is 179 g/mol. The summed E-state index contributed by atoms with van der Waals surface area (Å²) in [6, 6.07) is 1.80. The molecular weight excluding hydrogens is 166 g/mol. The number of aliphatic hydroxyl groups excluding tert-OH is 1. The minimum atomic E-state index is -0.224. The fraction of sp³-hybridized carbons (Fsp3) is 0.556. The molecule has 2 heterocycles. The molecule has 1 aliphatic rings. The first kappa shape index (κ1) is 8.44. The molecule has 1 fully saturated rings. The standard InChI is InChI=1S/C9H13N3O/c13-8-3-1-6-12(7-8)9-10-4-2-5-11-9/h2,4-5,8,13H,1,3,6-7H2/t8-/m1/s1. The highest BCUT2D eigenvalue weighted by molar-refractivity contribution is 5.29. The molecule has 1 aliphatic heterocycles. The van der Waals surface area contributed by atoms with Crippen LogP contribution < -0.4 is 4.90 Å². The second-order valence-electron chi connectivity index (χ2n) is 3.29. The summed E-state index contributed by atoms with van der Waals surface area (Å²) < 4.78 is 0. The third-order valence-corrected chi connectivity index (χ3v) is 2.23. The van der Waals surface area contributed by atoms with Gasteiger partial charge >= 0.3 is 0 Å². The van der Waals surface area contributed by atoms with E-state index in [2.05, 4.69) is 9.97 Å². The van der Waals surface area contributed by atoms with Gasteiger partial charge in [0.05, 0.1) is 6.10 Å². The number of rotatable bonds is 1. The fourth-order valence-electron chi connectivity index (χ4n) is 1.59. The Labute approximate surface area is 77.2 Å². The first-order valence-corrected chi connectivity index (χ1v) is 4.56. The lowest BCUT2D eigenvalue weighted by Crippen LogP contribution is -2.39. The number of hydrogen-bond acceptors (Lipinski definition) is 4. The summed E-state index contributed by atoms with van der Waals surface area (Å²) in [7, 11) is 0. The summed E-state index contributed by atoms with van der Waals surface area (Å²) in [4.78, 5) is 10.3. The number of nitrogens with zero attached hydrogens (tertiary/aromatic N) is 3. The SMILES string of the molecule is O[C@@H]1CCCN(c2ncccn2)C1. The van der Waals surface area contributed by atoms with Crippen molar-refractivity contribution in [3.05, 3.63) is 18.5 Å². The van der Waals surface area contributed by atoms with Crippen molar-refractivity contribution in [2.24, 2.45) is 0 Å². The first-order valence-electron chi connectivity index (χ1n) is 4.56. The molecule has 13 heavy (non-hydrogen) atoms. The number of anilines is 1. The number of β-amino-alcohol motifs (C(OH)–C–C–N with tert-alkyl or cyclic N) is 1. The Kier molecular flexibility index (Phi) is 2.40. The van der Waals surface area contributed by atoms with Crippen molar-refractivity contribution < 1.29 is 5.11 Å². The maximum absolute atomic E-state index is 9.44. The molecular formula is C9H13N3O. The van der Waals surface area contributed by atoms with Crippen molar-refractivity contribution in [3.63, 3.8) is 0 Å². The zero-order valence-electron chi connectivity index (χ0n) is 7.43. The summed E-state index contributed by atoms with van der Waals surface area (Å²) in [6.07, 6.45) is 5.13. The van der Waals surface area contributed by atoms with E-state index in [1.165, 1.54) is 0 Å². The molecule has 0 bridgehead atoms. The van der Waals surface area contributed by atoms with E-state index < -0.39 is 0 Å². The van der Waals surface area contributed by atoms with Crippen molar-refractivity contribution in [2.75, 3.05) is 18.0 Å². The molecule has 1 aromatic heterocycles. The monoisotopic (exact) mass is 179 g/mol. The lowest BCUT2D eigenvalue weighted by atomic mass is 10.1. The van der Waals surface area contributed by atoms with E-state index in [9.17, 15) is 5.11 Å². The first-order chi connectivity index (χ1) is 6.36. The van der Waals surface area contributed by atoms with Gasteiger partial charge in [-0.3, -0.25) is 0 Å². The summed E-state index contributed by atoms with van der Waals surface area (Å²) >= 11 is 0. The van der Waals surface area contributed by atoms with Crippen LogP contribution in [0.15, 0.2) is 18.5 Å². The van der Waals surface area contributed by atoms with Crippen LogP contribution in [-0.2, 0) is 0 Å². The number of aliphatic hydroxyl groups is 1. The molecule has 1 N–H and O–H groups in total.